The maximum atomic E-state index is 13.2. The Morgan fingerprint density at radius 3 is 0.597 bits per heavy atom. The molecule has 0 radical (unpaired) electrons. The standard InChI is InChI=1S/C57H108O20/c1-37(2)70-41(9)29-66-49(58)53(17,18)74-45(13)25-62-33-57(34-63-26-46(14)75-54(19,20)50(59)67-30-42(10)71-38(3)4,35-64-27-47(15)76-55(21,22)51(60)68-31-43(11)72-39(5)6)36-65-28-48(16)77-56(23,24)52(61)69-32-44(12)73-40(7)8/h37-48H,25-36H2,1-24H3. The number of ether oxygens (including phenoxy) is 16. The summed E-state index contributed by atoms with van der Waals surface area (Å²) in [4.78, 5) is 52.7. The quantitative estimate of drug-likeness (QED) is 0.0415. The zero-order valence-electron chi connectivity index (χ0n) is 52.1. The fourth-order valence-corrected chi connectivity index (χ4v) is 7.84. The number of esters is 4. The third-order valence-corrected chi connectivity index (χ3v) is 10.8. The topological polar surface area (TPSA) is 216 Å². The first-order valence-electron chi connectivity index (χ1n) is 27.7. The smallest absolute Gasteiger partial charge is 0.337 e. The van der Waals surface area contributed by atoms with Crippen LogP contribution in [0.1, 0.15) is 166 Å². The lowest BCUT2D eigenvalue weighted by molar-refractivity contribution is -0.190. The lowest BCUT2D eigenvalue weighted by atomic mass is 9.92. The highest BCUT2D eigenvalue weighted by atomic mass is 16.6. The van der Waals surface area contributed by atoms with E-state index in [4.69, 9.17) is 75.8 Å². The predicted molar refractivity (Wildman–Crippen MR) is 291 cm³/mol. The molecule has 20 nitrogen and oxygen atoms in total. The van der Waals surface area contributed by atoms with Gasteiger partial charge in [0.2, 0.25) is 0 Å². The number of hydrogen-bond acceptors (Lipinski definition) is 20. The number of carbonyl (C=O) groups is 4. The first-order chi connectivity index (χ1) is 35.3. The van der Waals surface area contributed by atoms with Gasteiger partial charge in [-0.25, -0.2) is 19.2 Å². The average Bonchev–Trinajstić information content (AvgIpc) is 3.26. The molecule has 0 aliphatic carbocycles. The minimum atomic E-state index is -1.32. The van der Waals surface area contributed by atoms with Crippen molar-refractivity contribution < 1.29 is 95.0 Å². The fraction of sp³-hybridized carbons (Fsp3) is 0.930. The second-order valence-electron chi connectivity index (χ2n) is 23.7. The fourth-order valence-electron chi connectivity index (χ4n) is 7.84. The van der Waals surface area contributed by atoms with Crippen LogP contribution in [0.2, 0.25) is 0 Å². The largest absolute Gasteiger partial charge is 0.461 e. The van der Waals surface area contributed by atoms with E-state index in [-0.39, 0.29) is 128 Å². The predicted octanol–water partition coefficient (Wildman–Crippen LogP) is 8.20. The van der Waals surface area contributed by atoms with Gasteiger partial charge in [0.05, 0.1) is 132 Å². The number of carbonyl (C=O) groups excluding carboxylic acids is 4. The van der Waals surface area contributed by atoms with Crippen molar-refractivity contribution in [2.45, 2.75) is 262 Å². The van der Waals surface area contributed by atoms with Crippen LogP contribution < -0.4 is 0 Å². The van der Waals surface area contributed by atoms with Crippen LogP contribution in [0.15, 0.2) is 0 Å². The molecule has 0 rings (SSSR count). The first-order valence-corrected chi connectivity index (χ1v) is 27.7. The maximum Gasteiger partial charge on any atom is 0.337 e. The summed E-state index contributed by atoms with van der Waals surface area (Å²) >= 11 is 0. The lowest BCUT2D eigenvalue weighted by Crippen LogP contribution is -2.46. The molecule has 8 atom stereocenters. The number of hydrogen-bond donors (Lipinski definition) is 0. The molecule has 0 aliphatic rings. The molecule has 0 aliphatic heterocycles. The summed E-state index contributed by atoms with van der Waals surface area (Å²) in [6.07, 6.45) is -3.73. The van der Waals surface area contributed by atoms with Crippen LogP contribution >= 0.6 is 0 Å². The molecule has 0 heterocycles. The highest BCUT2D eigenvalue weighted by Crippen LogP contribution is 2.26. The van der Waals surface area contributed by atoms with Crippen LogP contribution in [-0.2, 0) is 95.0 Å². The van der Waals surface area contributed by atoms with Gasteiger partial charge in [0.1, 0.15) is 26.4 Å². The molecule has 0 saturated carbocycles. The van der Waals surface area contributed by atoms with Gasteiger partial charge in [0, 0.05) is 0 Å². The van der Waals surface area contributed by atoms with E-state index in [0.29, 0.717) is 0 Å². The van der Waals surface area contributed by atoms with Gasteiger partial charge in [0.25, 0.3) is 0 Å². The molecule has 0 spiro atoms. The van der Waals surface area contributed by atoms with Gasteiger partial charge in [-0.2, -0.15) is 0 Å². The Balaban J connectivity index is 6.66. The van der Waals surface area contributed by atoms with Gasteiger partial charge in [-0.1, -0.05) is 0 Å². The van der Waals surface area contributed by atoms with Crippen LogP contribution in [-0.4, -0.2) is 199 Å². The summed E-state index contributed by atoms with van der Waals surface area (Å²) in [6, 6.07) is 0. The van der Waals surface area contributed by atoms with E-state index in [0.717, 1.165) is 0 Å². The number of rotatable bonds is 44. The Morgan fingerprint density at radius 1 is 0.273 bits per heavy atom. The lowest BCUT2D eigenvalue weighted by Gasteiger charge is -2.36. The van der Waals surface area contributed by atoms with Gasteiger partial charge in [-0.15, -0.1) is 0 Å². The van der Waals surface area contributed by atoms with Gasteiger partial charge in [0.15, 0.2) is 22.4 Å². The van der Waals surface area contributed by atoms with Crippen molar-refractivity contribution in [1.82, 2.24) is 0 Å². The summed E-state index contributed by atoms with van der Waals surface area (Å²) in [7, 11) is 0. The molecule has 20 heteroatoms. The van der Waals surface area contributed by atoms with E-state index >= 15 is 0 Å². The molecule has 77 heavy (non-hydrogen) atoms. The Hall–Kier alpha value is -2.60. The Kier molecular flexibility index (Phi) is 34.8. The SMILES string of the molecule is CC(C)OC(C)COC(=O)C(C)(C)OC(C)COCC(COCC(C)OC(C)(C)C(=O)OCC(C)OC(C)C)(COCC(C)OC(C)(C)C(=O)OCC(C)OC(C)C)COCC(C)OC(C)(C)C(=O)OCC(C)OC(C)C. The Labute approximate surface area is 464 Å². The molecule has 0 aromatic rings. The first kappa shape index (κ1) is 74.4. The van der Waals surface area contributed by atoms with Crippen LogP contribution in [0.4, 0.5) is 0 Å². The zero-order valence-corrected chi connectivity index (χ0v) is 52.1. The second kappa shape index (κ2) is 36.0. The summed E-state index contributed by atoms with van der Waals surface area (Å²) in [5, 5.41) is 0. The summed E-state index contributed by atoms with van der Waals surface area (Å²) in [5.74, 6) is -2.22. The molecule has 0 aromatic heterocycles. The third-order valence-electron chi connectivity index (χ3n) is 10.8. The van der Waals surface area contributed by atoms with Crippen LogP contribution in [0.25, 0.3) is 0 Å². The molecule has 0 amide bonds. The summed E-state index contributed by atoms with van der Waals surface area (Å²) in [5.41, 5.74) is -6.35. The maximum absolute atomic E-state index is 13.2. The van der Waals surface area contributed by atoms with Crippen molar-refractivity contribution in [3.05, 3.63) is 0 Å². The van der Waals surface area contributed by atoms with Crippen molar-refractivity contribution in [3.8, 4) is 0 Å². The third kappa shape index (κ3) is 33.7. The summed E-state index contributed by atoms with van der Waals surface area (Å²) in [6.45, 7) is 43.1. The van der Waals surface area contributed by atoms with Gasteiger partial charge in [-0.05, 0) is 166 Å². The monoisotopic (exact) mass is 1110 g/mol. The highest BCUT2D eigenvalue weighted by Gasteiger charge is 2.39. The van der Waals surface area contributed by atoms with Crippen molar-refractivity contribution in [2.24, 2.45) is 5.41 Å². The van der Waals surface area contributed by atoms with E-state index in [1.807, 2.05) is 83.1 Å². The van der Waals surface area contributed by atoms with Gasteiger partial charge < -0.3 is 75.8 Å². The molecule has 0 saturated heterocycles. The van der Waals surface area contributed by atoms with E-state index < -0.39 is 76.1 Å². The molecule has 456 valence electrons. The van der Waals surface area contributed by atoms with Crippen molar-refractivity contribution in [2.75, 3.05) is 79.3 Å². The highest BCUT2D eigenvalue weighted by molar-refractivity contribution is 5.79. The van der Waals surface area contributed by atoms with Crippen LogP contribution in [0, 0.1) is 5.41 Å². The van der Waals surface area contributed by atoms with E-state index in [1.165, 1.54) is 0 Å². The average molecular weight is 1110 g/mol. The molecule has 8 unspecified atom stereocenters. The van der Waals surface area contributed by atoms with Crippen molar-refractivity contribution >= 4 is 23.9 Å². The molecule has 0 fully saturated rings. The molecule has 0 N–H and O–H groups in total. The van der Waals surface area contributed by atoms with E-state index in [2.05, 4.69) is 0 Å². The van der Waals surface area contributed by atoms with Crippen LogP contribution in [0.5, 0.6) is 0 Å². The van der Waals surface area contributed by atoms with Crippen molar-refractivity contribution in [1.29, 1.82) is 0 Å². The minimum Gasteiger partial charge on any atom is -0.461 e. The van der Waals surface area contributed by atoms with Crippen molar-refractivity contribution in [3.63, 3.8) is 0 Å². The second-order valence-corrected chi connectivity index (χ2v) is 23.7. The molecule has 0 aromatic carbocycles. The van der Waals surface area contributed by atoms with Crippen LogP contribution in [0.3, 0.4) is 0 Å². The van der Waals surface area contributed by atoms with E-state index in [1.54, 1.807) is 83.1 Å². The Morgan fingerprint density at radius 2 is 0.442 bits per heavy atom. The normalized spacial score (nSPS) is 16.9. The zero-order chi connectivity index (χ0) is 59.5. The minimum absolute atomic E-state index is 0.00724. The van der Waals surface area contributed by atoms with Gasteiger partial charge in [-0.3, -0.25) is 0 Å². The molecular weight excluding hydrogens is 1000 g/mol. The van der Waals surface area contributed by atoms with Gasteiger partial charge >= 0.3 is 23.9 Å². The summed E-state index contributed by atoms with van der Waals surface area (Å²) < 4.78 is 95.4. The molecule has 0 bridgehead atoms. The Bertz CT molecular complexity index is 1410. The molecular formula is C57H108O20. The van der Waals surface area contributed by atoms with E-state index in [9.17, 15) is 19.2 Å².